The number of hydrogen-bond acceptors (Lipinski definition) is 2. The number of rotatable bonds is 1. The van der Waals surface area contributed by atoms with Gasteiger partial charge in [0.05, 0.1) is 10.0 Å². The second-order valence-electron chi connectivity index (χ2n) is 2.37. The van der Waals surface area contributed by atoms with Crippen LogP contribution < -0.4 is 0 Å². The summed E-state index contributed by atoms with van der Waals surface area (Å²) in [5.74, 6) is -1.05. The molecule has 4 heteroatoms. The fraction of sp³-hybridized carbons (Fsp3) is 0.125. The molecule has 1 aromatic carbocycles. The molecule has 1 aromatic rings. The average molecular weight is 233 g/mol. The summed E-state index contributed by atoms with van der Waals surface area (Å²) in [5, 5.41) is 9.10. The third kappa shape index (κ3) is 1.34. The zero-order valence-electron chi connectivity index (χ0n) is 6.27. The number of aldehydes is 1. The molecule has 0 aliphatic carbocycles. The standard InChI is InChI=1S/C8H6BrFO2/c1-4-2-6(12)5(3-11)8(10)7(4)9/h2-3,12H,1H3. The lowest BCUT2D eigenvalue weighted by Crippen LogP contribution is -1.92. The Bertz CT molecular complexity index is 336. The van der Waals surface area contributed by atoms with E-state index < -0.39 is 5.82 Å². The van der Waals surface area contributed by atoms with Gasteiger partial charge >= 0.3 is 0 Å². The molecular formula is C8H6BrFO2. The Labute approximate surface area is 77.2 Å². The molecule has 0 unspecified atom stereocenters. The van der Waals surface area contributed by atoms with E-state index in [4.69, 9.17) is 5.11 Å². The highest BCUT2D eigenvalue weighted by molar-refractivity contribution is 9.10. The van der Waals surface area contributed by atoms with Gasteiger partial charge < -0.3 is 5.11 Å². The Balaban J connectivity index is 3.51. The van der Waals surface area contributed by atoms with Crippen LogP contribution >= 0.6 is 15.9 Å². The third-order valence-electron chi connectivity index (χ3n) is 1.52. The number of hydrogen-bond donors (Lipinski definition) is 1. The maximum absolute atomic E-state index is 13.1. The highest BCUT2D eigenvalue weighted by Gasteiger charge is 2.12. The Kier molecular flexibility index (Phi) is 2.47. The van der Waals surface area contributed by atoms with Gasteiger partial charge in [-0.3, -0.25) is 4.79 Å². The van der Waals surface area contributed by atoms with Crippen molar-refractivity contribution >= 4 is 22.2 Å². The van der Waals surface area contributed by atoms with E-state index in [9.17, 15) is 9.18 Å². The highest BCUT2D eigenvalue weighted by atomic mass is 79.9. The van der Waals surface area contributed by atoms with Gasteiger partial charge in [0, 0.05) is 0 Å². The SMILES string of the molecule is Cc1cc(O)c(C=O)c(F)c1Br. The fourth-order valence-electron chi connectivity index (χ4n) is 0.862. The molecule has 0 bridgehead atoms. The van der Waals surface area contributed by atoms with Crippen LogP contribution in [0.1, 0.15) is 15.9 Å². The van der Waals surface area contributed by atoms with Gasteiger partial charge in [-0.1, -0.05) is 0 Å². The molecule has 0 fully saturated rings. The molecule has 0 amide bonds. The van der Waals surface area contributed by atoms with Gasteiger partial charge in [0.2, 0.25) is 0 Å². The van der Waals surface area contributed by atoms with Crippen LogP contribution in [-0.4, -0.2) is 11.4 Å². The minimum Gasteiger partial charge on any atom is -0.507 e. The number of carbonyl (C=O) groups excluding carboxylic acids is 1. The minimum absolute atomic E-state index is 0.211. The van der Waals surface area contributed by atoms with Crippen molar-refractivity contribution in [3.8, 4) is 5.75 Å². The molecule has 0 saturated heterocycles. The first-order chi connectivity index (χ1) is 5.57. The number of benzene rings is 1. The van der Waals surface area contributed by atoms with Crippen LogP contribution in [-0.2, 0) is 0 Å². The Morgan fingerprint density at radius 2 is 2.25 bits per heavy atom. The summed E-state index contributed by atoms with van der Waals surface area (Å²) >= 11 is 2.96. The van der Waals surface area contributed by atoms with Gasteiger partial charge in [0.15, 0.2) is 12.1 Å². The second-order valence-corrected chi connectivity index (χ2v) is 3.17. The van der Waals surface area contributed by atoms with Crippen molar-refractivity contribution in [2.24, 2.45) is 0 Å². The van der Waals surface area contributed by atoms with E-state index in [0.717, 1.165) is 0 Å². The molecule has 0 aliphatic rings. The molecule has 1 rings (SSSR count). The average Bonchev–Trinajstić information content (AvgIpc) is 2.01. The summed E-state index contributed by atoms with van der Waals surface area (Å²) in [5.41, 5.74) is 0.239. The normalized spacial score (nSPS) is 9.92. The maximum atomic E-state index is 13.1. The Hall–Kier alpha value is -0.900. The molecule has 2 nitrogen and oxygen atoms in total. The lowest BCUT2D eigenvalue weighted by atomic mass is 10.1. The van der Waals surface area contributed by atoms with Crippen molar-refractivity contribution in [1.29, 1.82) is 0 Å². The smallest absolute Gasteiger partial charge is 0.156 e. The summed E-state index contributed by atoms with van der Waals surface area (Å²) < 4.78 is 13.3. The van der Waals surface area contributed by atoms with Crippen molar-refractivity contribution in [3.05, 3.63) is 27.5 Å². The van der Waals surface area contributed by atoms with Gasteiger partial charge in [0.1, 0.15) is 5.75 Å². The van der Waals surface area contributed by atoms with E-state index >= 15 is 0 Å². The number of aromatic hydroxyl groups is 1. The van der Waals surface area contributed by atoms with Gasteiger partial charge in [-0.2, -0.15) is 0 Å². The molecule has 0 heterocycles. The van der Waals surface area contributed by atoms with E-state index in [-0.39, 0.29) is 22.1 Å². The van der Waals surface area contributed by atoms with E-state index in [0.29, 0.717) is 5.56 Å². The van der Waals surface area contributed by atoms with Crippen molar-refractivity contribution in [2.45, 2.75) is 6.92 Å². The first-order valence-electron chi connectivity index (χ1n) is 3.20. The lowest BCUT2D eigenvalue weighted by Gasteiger charge is -2.03. The van der Waals surface area contributed by atoms with Crippen molar-refractivity contribution in [1.82, 2.24) is 0 Å². The molecule has 0 aliphatic heterocycles. The summed E-state index contributed by atoms with van der Waals surface area (Å²) in [6.45, 7) is 1.63. The number of aryl methyl sites for hydroxylation is 1. The summed E-state index contributed by atoms with van der Waals surface area (Å²) in [6.07, 6.45) is 0.287. The van der Waals surface area contributed by atoms with Crippen molar-refractivity contribution < 1.29 is 14.3 Å². The number of phenolic OH excluding ortho intramolecular Hbond substituents is 1. The van der Waals surface area contributed by atoms with Crippen LogP contribution in [0.4, 0.5) is 4.39 Å². The molecule has 0 atom stereocenters. The van der Waals surface area contributed by atoms with Crippen LogP contribution in [0.2, 0.25) is 0 Å². The zero-order valence-corrected chi connectivity index (χ0v) is 7.85. The van der Waals surface area contributed by atoms with Gasteiger partial charge in [-0.05, 0) is 34.5 Å². The van der Waals surface area contributed by atoms with Crippen molar-refractivity contribution in [3.63, 3.8) is 0 Å². The molecule has 0 spiro atoms. The number of halogens is 2. The van der Waals surface area contributed by atoms with Crippen LogP contribution in [0.25, 0.3) is 0 Å². The van der Waals surface area contributed by atoms with Crippen LogP contribution in [0, 0.1) is 12.7 Å². The molecule has 1 N–H and O–H groups in total. The van der Waals surface area contributed by atoms with Gasteiger partial charge in [-0.15, -0.1) is 0 Å². The highest BCUT2D eigenvalue weighted by Crippen LogP contribution is 2.28. The van der Waals surface area contributed by atoms with E-state index in [1.807, 2.05) is 0 Å². The fourth-order valence-corrected chi connectivity index (χ4v) is 1.19. The predicted octanol–water partition coefficient (Wildman–Crippen LogP) is 2.41. The molecule has 12 heavy (non-hydrogen) atoms. The first kappa shape index (κ1) is 9.19. The van der Waals surface area contributed by atoms with E-state index in [1.165, 1.54) is 6.07 Å². The molecule has 0 radical (unpaired) electrons. The Morgan fingerprint density at radius 1 is 1.67 bits per heavy atom. The monoisotopic (exact) mass is 232 g/mol. The van der Waals surface area contributed by atoms with E-state index in [2.05, 4.69) is 15.9 Å². The van der Waals surface area contributed by atoms with E-state index in [1.54, 1.807) is 6.92 Å². The van der Waals surface area contributed by atoms with Gasteiger partial charge in [0.25, 0.3) is 0 Å². The summed E-state index contributed by atoms with van der Waals surface area (Å²) in [6, 6.07) is 1.33. The molecular weight excluding hydrogens is 227 g/mol. The maximum Gasteiger partial charge on any atom is 0.156 e. The number of carbonyl (C=O) groups is 1. The second kappa shape index (κ2) is 3.23. The molecule has 64 valence electrons. The largest absolute Gasteiger partial charge is 0.507 e. The zero-order chi connectivity index (χ0) is 9.30. The quantitative estimate of drug-likeness (QED) is 0.756. The topological polar surface area (TPSA) is 37.3 Å². The van der Waals surface area contributed by atoms with Gasteiger partial charge in [-0.25, -0.2) is 4.39 Å². The van der Waals surface area contributed by atoms with Crippen LogP contribution in [0.3, 0.4) is 0 Å². The predicted molar refractivity (Wildman–Crippen MR) is 45.9 cm³/mol. The van der Waals surface area contributed by atoms with Crippen LogP contribution in [0.15, 0.2) is 10.5 Å². The van der Waals surface area contributed by atoms with Crippen LogP contribution in [0.5, 0.6) is 5.75 Å². The Morgan fingerprint density at radius 3 is 2.75 bits per heavy atom. The molecule has 0 saturated carbocycles. The number of phenols is 1. The summed E-state index contributed by atoms with van der Waals surface area (Å²) in [4.78, 5) is 10.3. The van der Waals surface area contributed by atoms with Crippen molar-refractivity contribution in [2.75, 3.05) is 0 Å². The third-order valence-corrected chi connectivity index (χ3v) is 2.50. The molecule has 0 aromatic heterocycles. The minimum atomic E-state index is -0.720. The first-order valence-corrected chi connectivity index (χ1v) is 4.00. The lowest BCUT2D eigenvalue weighted by molar-refractivity contribution is 0.111. The summed E-state index contributed by atoms with van der Waals surface area (Å²) in [7, 11) is 0.